The highest BCUT2D eigenvalue weighted by Gasteiger charge is 2.47. The Morgan fingerprint density at radius 1 is 0.844 bits per heavy atom. The standard InChI is InChI=1S/C26H21F2NO3/c1-14-8-10-18(13-15(14)2)29-23(19-6-4-5-7-21(19)28)22(25(31)26(29)32)24(30)17-9-11-20(27)16(3)12-17/h4-13,23,30H,1-3H3/b24-22+. The lowest BCUT2D eigenvalue weighted by molar-refractivity contribution is -0.132. The van der Waals surface area contributed by atoms with Gasteiger partial charge in [-0.1, -0.05) is 24.3 Å². The highest BCUT2D eigenvalue weighted by atomic mass is 19.1. The summed E-state index contributed by atoms with van der Waals surface area (Å²) in [6.45, 7) is 5.31. The average molecular weight is 433 g/mol. The second-order valence-electron chi connectivity index (χ2n) is 7.92. The zero-order valence-electron chi connectivity index (χ0n) is 17.8. The summed E-state index contributed by atoms with van der Waals surface area (Å²) < 4.78 is 28.6. The van der Waals surface area contributed by atoms with Gasteiger partial charge in [0.15, 0.2) is 0 Å². The molecule has 1 amide bonds. The Labute approximate surface area is 184 Å². The number of rotatable bonds is 3. The minimum absolute atomic E-state index is 0.0744. The molecule has 0 radical (unpaired) electrons. The van der Waals surface area contributed by atoms with Crippen molar-refractivity contribution in [1.82, 2.24) is 0 Å². The number of halogens is 2. The quantitative estimate of drug-likeness (QED) is 0.336. The van der Waals surface area contributed by atoms with Crippen molar-refractivity contribution in [2.75, 3.05) is 4.90 Å². The van der Waals surface area contributed by atoms with Crippen LogP contribution >= 0.6 is 0 Å². The van der Waals surface area contributed by atoms with Gasteiger partial charge in [0.1, 0.15) is 17.4 Å². The van der Waals surface area contributed by atoms with E-state index in [1.807, 2.05) is 19.9 Å². The second kappa shape index (κ2) is 8.04. The summed E-state index contributed by atoms with van der Waals surface area (Å²) in [5, 5.41) is 11.0. The number of aliphatic hydroxyl groups excluding tert-OH is 1. The first-order valence-corrected chi connectivity index (χ1v) is 10.1. The Kier molecular flexibility index (Phi) is 5.38. The molecular weight excluding hydrogens is 412 g/mol. The van der Waals surface area contributed by atoms with Gasteiger partial charge in [-0.25, -0.2) is 8.78 Å². The molecule has 1 saturated heterocycles. The largest absolute Gasteiger partial charge is 0.507 e. The van der Waals surface area contributed by atoms with Crippen molar-refractivity contribution >= 4 is 23.1 Å². The molecule has 1 fully saturated rings. The third-order valence-electron chi connectivity index (χ3n) is 5.84. The molecule has 0 aliphatic carbocycles. The lowest BCUT2D eigenvalue weighted by Gasteiger charge is -2.26. The summed E-state index contributed by atoms with van der Waals surface area (Å²) in [6.07, 6.45) is 0. The number of aryl methyl sites for hydroxylation is 3. The molecule has 0 saturated carbocycles. The molecule has 0 spiro atoms. The van der Waals surface area contributed by atoms with Gasteiger partial charge in [0.25, 0.3) is 11.7 Å². The van der Waals surface area contributed by atoms with Crippen LogP contribution in [0.15, 0.2) is 66.2 Å². The third-order valence-corrected chi connectivity index (χ3v) is 5.84. The fraction of sp³-hybridized carbons (Fsp3) is 0.154. The molecule has 1 atom stereocenters. The predicted octanol–water partition coefficient (Wildman–Crippen LogP) is 5.52. The molecule has 1 aliphatic heterocycles. The van der Waals surface area contributed by atoms with Crippen molar-refractivity contribution in [2.24, 2.45) is 0 Å². The van der Waals surface area contributed by atoms with E-state index >= 15 is 0 Å². The molecule has 1 aliphatic rings. The maximum atomic E-state index is 14.9. The summed E-state index contributed by atoms with van der Waals surface area (Å²) in [5.74, 6) is -3.37. The van der Waals surface area contributed by atoms with Crippen LogP contribution in [-0.4, -0.2) is 16.8 Å². The molecule has 1 heterocycles. The highest BCUT2D eigenvalue weighted by Crippen LogP contribution is 2.43. The summed E-state index contributed by atoms with van der Waals surface area (Å²) in [5.41, 5.74) is 2.57. The molecule has 162 valence electrons. The minimum Gasteiger partial charge on any atom is -0.507 e. The molecule has 0 bridgehead atoms. The van der Waals surface area contributed by atoms with E-state index in [0.717, 1.165) is 11.1 Å². The van der Waals surface area contributed by atoms with Crippen molar-refractivity contribution in [2.45, 2.75) is 26.8 Å². The van der Waals surface area contributed by atoms with Gasteiger partial charge in [-0.05, 0) is 73.9 Å². The fourth-order valence-corrected chi connectivity index (χ4v) is 3.91. The van der Waals surface area contributed by atoms with Crippen LogP contribution in [0.3, 0.4) is 0 Å². The molecule has 3 aromatic rings. The van der Waals surface area contributed by atoms with E-state index in [2.05, 4.69) is 0 Å². The number of carbonyl (C=O) groups excluding carboxylic acids is 2. The number of ketones is 1. The van der Waals surface area contributed by atoms with E-state index in [9.17, 15) is 23.5 Å². The Morgan fingerprint density at radius 3 is 2.22 bits per heavy atom. The van der Waals surface area contributed by atoms with Crippen LogP contribution in [0.1, 0.15) is 33.9 Å². The molecule has 3 aromatic carbocycles. The molecule has 32 heavy (non-hydrogen) atoms. The molecule has 1 N–H and O–H groups in total. The Morgan fingerprint density at radius 2 is 1.56 bits per heavy atom. The Bertz CT molecular complexity index is 1300. The van der Waals surface area contributed by atoms with Crippen LogP contribution in [0, 0.1) is 32.4 Å². The summed E-state index contributed by atoms with van der Waals surface area (Å²) in [7, 11) is 0. The average Bonchev–Trinajstić information content (AvgIpc) is 3.02. The van der Waals surface area contributed by atoms with Crippen molar-refractivity contribution in [1.29, 1.82) is 0 Å². The van der Waals surface area contributed by atoms with Gasteiger partial charge >= 0.3 is 0 Å². The summed E-state index contributed by atoms with van der Waals surface area (Å²) in [4.78, 5) is 27.4. The minimum atomic E-state index is -1.18. The lowest BCUT2D eigenvalue weighted by atomic mass is 9.94. The van der Waals surface area contributed by atoms with Crippen molar-refractivity contribution in [3.8, 4) is 0 Å². The fourth-order valence-electron chi connectivity index (χ4n) is 3.91. The smallest absolute Gasteiger partial charge is 0.300 e. The normalized spacial score (nSPS) is 17.8. The highest BCUT2D eigenvalue weighted by molar-refractivity contribution is 6.51. The van der Waals surface area contributed by atoms with Gasteiger partial charge < -0.3 is 5.11 Å². The SMILES string of the molecule is Cc1ccc(N2C(=O)C(=O)/C(=C(/O)c3ccc(F)c(C)c3)C2c2ccccc2F)cc1C. The first-order valence-electron chi connectivity index (χ1n) is 10.1. The number of carbonyl (C=O) groups is 2. The zero-order chi connectivity index (χ0) is 23.2. The van der Waals surface area contributed by atoms with E-state index in [1.165, 1.54) is 48.2 Å². The Hall–Kier alpha value is -3.80. The van der Waals surface area contributed by atoms with E-state index in [4.69, 9.17) is 0 Å². The van der Waals surface area contributed by atoms with Gasteiger partial charge in [0, 0.05) is 16.8 Å². The van der Waals surface area contributed by atoms with Gasteiger partial charge in [0.2, 0.25) is 0 Å². The maximum Gasteiger partial charge on any atom is 0.300 e. The summed E-state index contributed by atoms with van der Waals surface area (Å²) >= 11 is 0. The number of aliphatic hydroxyl groups is 1. The monoisotopic (exact) mass is 433 g/mol. The molecule has 1 unspecified atom stereocenters. The number of nitrogens with zero attached hydrogens (tertiary/aromatic N) is 1. The third kappa shape index (κ3) is 3.47. The molecule has 4 nitrogen and oxygen atoms in total. The number of Topliss-reactive ketones (excluding diaryl/α,β-unsaturated/α-hetero) is 1. The van der Waals surface area contributed by atoms with Crippen LogP contribution in [-0.2, 0) is 9.59 Å². The predicted molar refractivity (Wildman–Crippen MR) is 118 cm³/mol. The van der Waals surface area contributed by atoms with Gasteiger partial charge in [-0.2, -0.15) is 0 Å². The number of anilines is 1. The van der Waals surface area contributed by atoms with E-state index < -0.39 is 35.1 Å². The van der Waals surface area contributed by atoms with Gasteiger partial charge in [-0.3, -0.25) is 14.5 Å². The van der Waals surface area contributed by atoms with E-state index in [0.29, 0.717) is 5.69 Å². The number of hydrogen-bond acceptors (Lipinski definition) is 3. The first-order chi connectivity index (χ1) is 15.2. The van der Waals surface area contributed by atoms with Crippen LogP contribution in [0.5, 0.6) is 0 Å². The first kappa shape index (κ1) is 21.4. The Balaban J connectivity index is 1.99. The van der Waals surface area contributed by atoms with Crippen LogP contribution in [0.25, 0.3) is 5.76 Å². The van der Waals surface area contributed by atoms with E-state index in [1.54, 1.807) is 18.2 Å². The van der Waals surface area contributed by atoms with Crippen molar-refractivity contribution in [3.05, 3.63) is 106 Å². The second-order valence-corrected chi connectivity index (χ2v) is 7.92. The topological polar surface area (TPSA) is 57.6 Å². The van der Waals surface area contributed by atoms with Gasteiger partial charge in [-0.15, -0.1) is 0 Å². The lowest BCUT2D eigenvalue weighted by Crippen LogP contribution is -2.30. The van der Waals surface area contributed by atoms with Crippen molar-refractivity contribution < 1.29 is 23.5 Å². The number of amides is 1. The molecule has 6 heteroatoms. The number of benzene rings is 3. The van der Waals surface area contributed by atoms with Crippen LogP contribution < -0.4 is 4.90 Å². The van der Waals surface area contributed by atoms with E-state index in [-0.39, 0.29) is 22.3 Å². The maximum absolute atomic E-state index is 14.9. The van der Waals surface area contributed by atoms with Crippen LogP contribution in [0.2, 0.25) is 0 Å². The van der Waals surface area contributed by atoms with Gasteiger partial charge in [0.05, 0.1) is 11.6 Å². The zero-order valence-corrected chi connectivity index (χ0v) is 17.8. The van der Waals surface area contributed by atoms with Crippen LogP contribution in [0.4, 0.5) is 14.5 Å². The van der Waals surface area contributed by atoms with Crippen molar-refractivity contribution in [3.63, 3.8) is 0 Å². The molecule has 4 rings (SSSR count). The molecule has 0 aromatic heterocycles. The summed E-state index contributed by atoms with van der Waals surface area (Å²) in [6, 6.07) is 13.7. The molecular formula is C26H21F2NO3. The number of hydrogen-bond donors (Lipinski definition) is 1.